The molecule has 0 saturated carbocycles. The minimum atomic E-state index is -4.71. The molecule has 0 atom stereocenters. The first-order valence-electron chi connectivity index (χ1n) is 6.65. The zero-order valence-corrected chi connectivity index (χ0v) is 11.7. The summed E-state index contributed by atoms with van der Waals surface area (Å²) in [7, 11) is 0. The largest absolute Gasteiger partial charge is 0.417 e. The summed E-state index contributed by atoms with van der Waals surface area (Å²) in [6.45, 7) is 0.677. The van der Waals surface area contributed by atoms with Crippen molar-refractivity contribution in [3.05, 3.63) is 42.1 Å². The highest BCUT2D eigenvalue weighted by atomic mass is 19.4. The fourth-order valence-electron chi connectivity index (χ4n) is 2.35. The molecular weight excluding hydrogens is 314 g/mol. The minimum absolute atomic E-state index is 0.0468. The third-order valence-corrected chi connectivity index (χ3v) is 3.32. The lowest BCUT2D eigenvalue weighted by Gasteiger charge is -2.13. The van der Waals surface area contributed by atoms with Gasteiger partial charge in [-0.25, -0.2) is 19.0 Å². The average Bonchev–Trinajstić information content (AvgIpc) is 2.90. The molecule has 0 unspecified atom stereocenters. The van der Waals surface area contributed by atoms with Crippen molar-refractivity contribution in [1.82, 2.24) is 19.7 Å². The minimum Gasteiger partial charge on any atom is -0.329 e. The van der Waals surface area contributed by atoms with Gasteiger partial charge in [0.15, 0.2) is 5.65 Å². The summed E-state index contributed by atoms with van der Waals surface area (Å²) < 4.78 is 54.3. The summed E-state index contributed by atoms with van der Waals surface area (Å²) in [4.78, 5) is 7.97. The Bertz CT molecular complexity index is 856. The summed E-state index contributed by atoms with van der Waals surface area (Å²) >= 11 is 0. The molecule has 2 aromatic heterocycles. The van der Waals surface area contributed by atoms with Crippen LogP contribution in [0, 0.1) is 5.82 Å². The van der Waals surface area contributed by atoms with Crippen molar-refractivity contribution >= 4 is 11.0 Å². The fourth-order valence-corrected chi connectivity index (χ4v) is 2.35. The lowest BCUT2D eigenvalue weighted by molar-refractivity contribution is -0.137. The Labute approximate surface area is 127 Å². The molecule has 0 fully saturated rings. The molecular formula is C14H11F4N5. The van der Waals surface area contributed by atoms with E-state index in [0.717, 1.165) is 18.5 Å². The summed E-state index contributed by atoms with van der Waals surface area (Å²) in [6.07, 6.45) is -2.18. The molecule has 9 heteroatoms. The van der Waals surface area contributed by atoms with Gasteiger partial charge in [-0.15, -0.1) is 0 Å². The van der Waals surface area contributed by atoms with Crippen LogP contribution in [0.5, 0.6) is 0 Å². The van der Waals surface area contributed by atoms with Gasteiger partial charge in [0.2, 0.25) is 0 Å². The molecule has 0 aliphatic heterocycles. The molecule has 120 valence electrons. The first kappa shape index (κ1) is 15.3. The third-order valence-electron chi connectivity index (χ3n) is 3.32. The van der Waals surface area contributed by atoms with Crippen molar-refractivity contribution in [2.45, 2.75) is 12.7 Å². The van der Waals surface area contributed by atoms with E-state index in [1.54, 1.807) is 0 Å². The number of alkyl halides is 3. The highest BCUT2D eigenvalue weighted by molar-refractivity contribution is 5.91. The molecule has 2 heterocycles. The van der Waals surface area contributed by atoms with Gasteiger partial charge in [-0.1, -0.05) is 0 Å². The number of nitrogens with zero attached hydrogens (tertiary/aromatic N) is 4. The molecule has 0 saturated heterocycles. The van der Waals surface area contributed by atoms with Gasteiger partial charge in [-0.3, -0.25) is 0 Å². The van der Waals surface area contributed by atoms with Crippen LogP contribution in [0.15, 0.2) is 30.7 Å². The van der Waals surface area contributed by atoms with Crippen LogP contribution in [0.2, 0.25) is 0 Å². The van der Waals surface area contributed by atoms with Gasteiger partial charge in [0.1, 0.15) is 12.1 Å². The first-order valence-corrected chi connectivity index (χ1v) is 6.65. The second-order valence-electron chi connectivity index (χ2n) is 4.80. The van der Waals surface area contributed by atoms with Crippen LogP contribution in [-0.2, 0) is 12.7 Å². The molecule has 3 aromatic rings. The monoisotopic (exact) mass is 325 g/mol. The van der Waals surface area contributed by atoms with Crippen LogP contribution in [-0.4, -0.2) is 26.3 Å². The molecule has 3 rings (SSSR count). The quantitative estimate of drug-likeness (QED) is 0.752. The van der Waals surface area contributed by atoms with Crippen LogP contribution in [0.1, 0.15) is 5.56 Å². The fraction of sp³-hybridized carbons (Fsp3) is 0.214. The second-order valence-corrected chi connectivity index (χ2v) is 4.80. The van der Waals surface area contributed by atoms with E-state index in [1.807, 2.05) is 0 Å². The predicted molar refractivity (Wildman–Crippen MR) is 74.8 cm³/mol. The zero-order chi connectivity index (χ0) is 16.6. The second kappa shape index (κ2) is 5.58. The molecule has 0 radical (unpaired) electrons. The number of hydrogen-bond donors (Lipinski definition) is 1. The van der Waals surface area contributed by atoms with E-state index in [0.29, 0.717) is 30.2 Å². The van der Waals surface area contributed by atoms with Gasteiger partial charge in [-0.2, -0.15) is 18.3 Å². The highest BCUT2D eigenvalue weighted by Crippen LogP contribution is 2.38. The summed E-state index contributed by atoms with van der Waals surface area (Å²) in [5.74, 6) is -0.967. The summed E-state index contributed by atoms with van der Waals surface area (Å²) in [5.41, 5.74) is 4.57. The number of rotatable bonds is 3. The van der Waals surface area contributed by atoms with Crippen molar-refractivity contribution < 1.29 is 17.6 Å². The van der Waals surface area contributed by atoms with Gasteiger partial charge in [-0.05, 0) is 18.2 Å². The number of halogens is 4. The molecule has 0 amide bonds. The van der Waals surface area contributed by atoms with Crippen molar-refractivity contribution in [3.63, 3.8) is 0 Å². The van der Waals surface area contributed by atoms with Crippen molar-refractivity contribution in [1.29, 1.82) is 0 Å². The van der Waals surface area contributed by atoms with E-state index < -0.39 is 17.6 Å². The van der Waals surface area contributed by atoms with Crippen LogP contribution in [0.4, 0.5) is 17.6 Å². The molecule has 2 N–H and O–H groups in total. The number of benzene rings is 1. The van der Waals surface area contributed by atoms with Crippen LogP contribution < -0.4 is 5.73 Å². The van der Waals surface area contributed by atoms with Gasteiger partial charge in [0, 0.05) is 12.1 Å². The molecule has 0 bridgehead atoms. The summed E-state index contributed by atoms with van der Waals surface area (Å²) in [5, 5.41) is 4.40. The van der Waals surface area contributed by atoms with E-state index in [-0.39, 0.29) is 11.3 Å². The highest BCUT2D eigenvalue weighted by Gasteiger charge is 2.35. The van der Waals surface area contributed by atoms with Crippen molar-refractivity contribution in [2.75, 3.05) is 6.54 Å². The average molecular weight is 325 g/mol. The predicted octanol–water partition coefficient (Wildman–Crippen LogP) is 2.61. The number of aromatic nitrogens is 4. The van der Waals surface area contributed by atoms with E-state index in [9.17, 15) is 17.6 Å². The Morgan fingerprint density at radius 3 is 2.65 bits per heavy atom. The molecule has 1 aromatic carbocycles. The Hall–Kier alpha value is -2.55. The van der Waals surface area contributed by atoms with Crippen molar-refractivity contribution in [3.8, 4) is 11.3 Å². The Morgan fingerprint density at radius 2 is 1.96 bits per heavy atom. The number of hydrogen-bond acceptors (Lipinski definition) is 4. The van der Waals surface area contributed by atoms with E-state index in [2.05, 4.69) is 15.1 Å². The van der Waals surface area contributed by atoms with Gasteiger partial charge < -0.3 is 5.73 Å². The molecule has 0 aliphatic rings. The Kier molecular flexibility index (Phi) is 3.72. The van der Waals surface area contributed by atoms with Crippen LogP contribution in [0.25, 0.3) is 22.3 Å². The summed E-state index contributed by atoms with van der Waals surface area (Å²) in [6, 6.07) is 2.47. The number of fused-ring (bicyclic) bond motifs is 1. The SMILES string of the molecule is NCCn1ncc2c(-c3ccc(F)cc3C(F)(F)F)ncnc21. The Balaban J connectivity index is 2.26. The topological polar surface area (TPSA) is 69.6 Å². The van der Waals surface area contributed by atoms with Crippen LogP contribution in [0.3, 0.4) is 0 Å². The third kappa shape index (κ3) is 2.74. The molecule has 23 heavy (non-hydrogen) atoms. The van der Waals surface area contributed by atoms with Crippen LogP contribution >= 0.6 is 0 Å². The maximum atomic E-state index is 13.2. The lowest BCUT2D eigenvalue weighted by atomic mass is 10.0. The van der Waals surface area contributed by atoms with Gasteiger partial charge >= 0.3 is 6.18 Å². The normalized spacial score (nSPS) is 12.0. The maximum Gasteiger partial charge on any atom is 0.417 e. The smallest absolute Gasteiger partial charge is 0.329 e. The van der Waals surface area contributed by atoms with Gasteiger partial charge in [0.05, 0.1) is 29.4 Å². The first-order chi connectivity index (χ1) is 10.9. The molecule has 5 nitrogen and oxygen atoms in total. The van der Waals surface area contributed by atoms with E-state index in [4.69, 9.17) is 5.73 Å². The van der Waals surface area contributed by atoms with E-state index >= 15 is 0 Å². The Morgan fingerprint density at radius 1 is 1.17 bits per heavy atom. The molecule has 0 aliphatic carbocycles. The lowest BCUT2D eigenvalue weighted by Crippen LogP contribution is -2.11. The number of nitrogens with two attached hydrogens (primary N) is 1. The molecule has 0 spiro atoms. The van der Waals surface area contributed by atoms with Gasteiger partial charge in [0.25, 0.3) is 0 Å². The van der Waals surface area contributed by atoms with Crippen molar-refractivity contribution in [2.24, 2.45) is 5.73 Å². The maximum absolute atomic E-state index is 13.2. The standard InChI is InChI=1S/C14H11F4N5/c15-8-1-2-9(11(5-8)14(16,17)18)12-10-6-22-23(4-3-19)13(10)21-7-20-12/h1-2,5-7H,3-4,19H2. The van der Waals surface area contributed by atoms with E-state index in [1.165, 1.54) is 10.9 Å². The zero-order valence-electron chi connectivity index (χ0n) is 11.7.